The zero-order valence-electron chi connectivity index (χ0n) is 20.5. The molecule has 1 aromatic carbocycles. The van der Waals surface area contributed by atoms with E-state index >= 15 is 0 Å². The predicted molar refractivity (Wildman–Crippen MR) is 141 cm³/mol. The van der Waals surface area contributed by atoms with Crippen LogP contribution in [0.3, 0.4) is 0 Å². The Bertz CT molecular complexity index is 1350. The van der Waals surface area contributed by atoms with Gasteiger partial charge in [-0.1, -0.05) is 12.1 Å². The smallest absolute Gasteiger partial charge is 0.257 e. The highest BCUT2D eigenvalue weighted by molar-refractivity contribution is 5.94. The monoisotopic (exact) mass is 499 g/mol. The number of aromatic nitrogens is 3. The molecule has 190 valence electrons. The molecule has 0 spiro atoms. The molecule has 1 atom stereocenters. The van der Waals surface area contributed by atoms with Gasteiger partial charge in [-0.25, -0.2) is 9.97 Å². The van der Waals surface area contributed by atoms with E-state index in [1.54, 1.807) is 18.5 Å². The summed E-state index contributed by atoms with van der Waals surface area (Å²) in [5.41, 5.74) is 5.10. The molecule has 2 fully saturated rings. The Kier molecular flexibility index (Phi) is 6.66. The lowest BCUT2D eigenvalue weighted by Crippen LogP contribution is -2.48. The number of benzene rings is 1. The van der Waals surface area contributed by atoms with Crippen LogP contribution in [0, 0.1) is 0 Å². The number of carbonyl (C=O) groups is 1. The van der Waals surface area contributed by atoms with Crippen molar-refractivity contribution in [2.75, 3.05) is 62.6 Å². The minimum atomic E-state index is 0.0185. The molecular weight excluding hydrogens is 470 g/mol. The summed E-state index contributed by atoms with van der Waals surface area (Å²) >= 11 is 0. The van der Waals surface area contributed by atoms with Crippen molar-refractivity contribution in [1.82, 2.24) is 25.2 Å². The number of hydrogen-bond acceptors (Lipinski definition) is 9. The Morgan fingerprint density at radius 1 is 1.08 bits per heavy atom. The third-order valence-electron chi connectivity index (χ3n) is 6.82. The van der Waals surface area contributed by atoms with E-state index in [9.17, 15) is 4.79 Å². The van der Waals surface area contributed by atoms with Gasteiger partial charge in [0.15, 0.2) is 5.82 Å². The Balaban J connectivity index is 1.16. The third-order valence-corrected chi connectivity index (χ3v) is 6.82. The second kappa shape index (κ2) is 10.5. The summed E-state index contributed by atoms with van der Waals surface area (Å²) in [7, 11) is 0. The molecule has 2 N–H and O–H groups in total. The Labute approximate surface area is 214 Å². The molecule has 2 saturated heterocycles. The van der Waals surface area contributed by atoms with E-state index in [1.807, 2.05) is 11.0 Å². The van der Waals surface area contributed by atoms with Gasteiger partial charge in [0, 0.05) is 69.5 Å². The number of rotatable bonds is 6. The van der Waals surface area contributed by atoms with Gasteiger partial charge in [0.2, 0.25) is 0 Å². The summed E-state index contributed by atoms with van der Waals surface area (Å²) in [4.78, 5) is 30.7. The van der Waals surface area contributed by atoms with Crippen LogP contribution < -0.4 is 15.5 Å². The fourth-order valence-electron chi connectivity index (χ4n) is 4.78. The quantitative estimate of drug-likeness (QED) is 0.414. The molecule has 3 aromatic heterocycles. The van der Waals surface area contributed by atoms with Crippen molar-refractivity contribution >= 4 is 28.4 Å². The summed E-state index contributed by atoms with van der Waals surface area (Å²) in [6.07, 6.45) is 6.50. The van der Waals surface area contributed by atoms with Crippen LogP contribution in [0.2, 0.25) is 0 Å². The number of ether oxygens (including phenoxy) is 1. The zero-order valence-corrected chi connectivity index (χ0v) is 20.5. The molecular formula is C27H29N7O3. The van der Waals surface area contributed by atoms with Gasteiger partial charge in [0.1, 0.15) is 11.8 Å². The number of nitrogens with zero attached hydrogens (tertiary/aromatic N) is 5. The average molecular weight is 500 g/mol. The number of pyridine rings is 1. The fraction of sp³-hybridized carbons (Fsp3) is 0.333. The van der Waals surface area contributed by atoms with Crippen LogP contribution in [0.5, 0.6) is 0 Å². The van der Waals surface area contributed by atoms with E-state index in [0.29, 0.717) is 37.6 Å². The normalized spacial score (nSPS) is 18.2. The first kappa shape index (κ1) is 23.4. The molecule has 37 heavy (non-hydrogen) atoms. The number of hydrogen-bond donors (Lipinski definition) is 2. The van der Waals surface area contributed by atoms with Crippen molar-refractivity contribution in [2.24, 2.45) is 0 Å². The Morgan fingerprint density at radius 2 is 1.92 bits per heavy atom. The number of fused-ring (bicyclic) bond motifs is 1. The number of carbonyl (C=O) groups excluding carboxylic acids is 1. The molecule has 10 heteroatoms. The molecule has 10 nitrogen and oxygen atoms in total. The highest BCUT2D eigenvalue weighted by Gasteiger charge is 2.23. The molecule has 0 bridgehead atoms. The van der Waals surface area contributed by atoms with Gasteiger partial charge < -0.3 is 29.6 Å². The second-order valence-corrected chi connectivity index (χ2v) is 9.20. The summed E-state index contributed by atoms with van der Waals surface area (Å²) in [6, 6.07) is 12.1. The highest BCUT2D eigenvalue weighted by Crippen LogP contribution is 2.28. The molecule has 0 radical (unpaired) electrons. The highest BCUT2D eigenvalue weighted by atomic mass is 16.5. The summed E-state index contributed by atoms with van der Waals surface area (Å²) in [6.45, 7) is 5.94. The molecule has 5 heterocycles. The number of amides is 1. The van der Waals surface area contributed by atoms with Crippen molar-refractivity contribution in [2.45, 2.75) is 6.10 Å². The van der Waals surface area contributed by atoms with E-state index in [1.165, 1.54) is 12.5 Å². The third kappa shape index (κ3) is 5.11. The maximum absolute atomic E-state index is 12.6. The molecule has 0 saturated carbocycles. The summed E-state index contributed by atoms with van der Waals surface area (Å²) in [5.74, 6) is 0.724. The van der Waals surface area contributed by atoms with Gasteiger partial charge in [0.05, 0.1) is 35.7 Å². The molecule has 6 rings (SSSR count). The maximum atomic E-state index is 12.6. The largest absolute Gasteiger partial charge is 0.472 e. The predicted octanol–water partition coefficient (Wildman–Crippen LogP) is 2.65. The first-order valence-electron chi connectivity index (χ1n) is 12.6. The minimum Gasteiger partial charge on any atom is -0.472 e. The van der Waals surface area contributed by atoms with Crippen LogP contribution in [0.25, 0.3) is 22.3 Å². The lowest BCUT2D eigenvalue weighted by atomic mass is 10.1. The van der Waals surface area contributed by atoms with Crippen molar-refractivity contribution < 1.29 is 13.9 Å². The molecule has 2 aliphatic heterocycles. The van der Waals surface area contributed by atoms with Crippen LogP contribution in [0.15, 0.2) is 65.7 Å². The van der Waals surface area contributed by atoms with Crippen LogP contribution in [0.4, 0.5) is 11.5 Å². The van der Waals surface area contributed by atoms with Gasteiger partial charge in [-0.2, -0.15) is 0 Å². The average Bonchev–Trinajstić information content (AvgIpc) is 3.51. The summed E-state index contributed by atoms with van der Waals surface area (Å²) in [5, 5.41) is 6.78. The number of anilines is 2. The van der Waals surface area contributed by atoms with Gasteiger partial charge >= 0.3 is 0 Å². The van der Waals surface area contributed by atoms with E-state index in [0.717, 1.165) is 54.2 Å². The van der Waals surface area contributed by atoms with E-state index < -0.39 is 0 Å². The SMILES string of the molecule is O=C(c1ccoc1)N1CCN(c2ccc(-c3cc4nccnc4c(NCC4CNCCO4)n3)cc2)CC1. The number of furan rings is 1. The second-order valence-electron chi connectivity index (χ2n) is 9.20. The molecule has 0 aliphatic carbocycles. The fourth-order valence-corrected chi connectivity index (χ4v) is 4.78. The van der Waals surface area contributed by atoms with Gasteiger partial charge in [-0.05, 0) is 24.3 Å². The summed E-state index contributed by atoms with van der Waals surface area (Å²) < 4.78 is 10.9. The van der Waals surface area contributed by atoms with Crippen LogP contribution in [-0.4, -0.2) is 84.3 Å². The molecule has 1 unspecified atom stereocenters. The van der Waals surface area contributed by atoms with E-state index in [4.69, 9.17) is 14.1 Å². The molecule has 1 amide bonds. The Hall–Kier alpha value is -4.02. The van der Waals surface area contributed by atoms with Gasteiger partial charge in [-0.3, -0.25) is 9.78 Å². The van der Waals surface area contributed by atoms with Crippen LogP contribution in [0.1, 0.15) is 10.4 Å². The van der Waals surface area contributed by atoms with Crippen LogP contribution in [-0.2, 0) is 4.74 Å². The van der Waals surface area contributed by atoms with E-state index in [-0.39, 0.29) is 12.0 Å². The Morgan fingerprint density at radius 3 is 2.68 bits per heavy atom. The first-order valence-corrected chi connectivity index (χ1v) is 12.6. The topological polar surface area (TPSA) is 109 Å². The van der Waals surface area contributed by atoms with Crippen molar-refractivity contribution in [1.29, 1.82) is 0 Å². The van der Waals surface area contributed by atoms with Gasteiger partial charge in [-0.15, -0.1) is 0 Å². The van der Waals surface area contributed by atoms with Crippen molar-refractivity contribution in [3.8, 4) is 11.3 Å². The van der Waals surface area contributed by atoms with E-state index in [2.05, 4.69) is 49.8 Å². The molecule has 2 aliphatic rings. The van der Waals surface area contributed by atoms with Gasteiger partial charge in [0.25, 0.3) is 5.91 Å². The minimum absolute atomic E-state index is 0.0185. The standard InChI is InChI=1S/C27H29N7O3/c35-27(20-5-13-36-18-20)34-11-9-33(10-12-34)21-3-1-19(2-4-21)23-15-24-25(30-7-6-29-24)26(32-23)31-17-22-16-28-8-14-37-22/h1-7,13,15,18,22,28H,8-12,14,16-17H2,(H,31,32). The lowest BCUT2D eigenvalue weighted by Gasteiger charge is -2.36. The maximum Gasteiger partial charge on any atom is 0.257 e. The first-order chi connectivity index (χ1) is 18.2. The van der Waals surface area contributed by atoms with Crippen molar-refractivity contribution in [3.63, 3.8) is 0 Å². The zero-order chi connectivity index (χ0) is 25.0. The van der Waals surface area contributed by atoms with Crippen molar-refractivity contribution in [3.05, 3.63) is 66.9 Å². The number of morpholine rings is 1. The number of nitrogens with one attached hydrogen (secondary N) is 2. The van der Waals surface area contributed by atoms with Crippen LogP contribution >= 0.6 is 0 Å². The number of piperazine rings is 1. The lowest BCUT2D eigenvalue weighted by molar-refractivity contribution is 0.0372. The molecule has 4 aromatic rings.